The average Bonchev–Trinajstić information content (AvgIpc) is 2.78. The highest BCUT2D eigenvalue weighted by atomic mass is 16.3. The SMILES string of the molecule is CC(=O)[C@H]1[C@H](C)C[C@@H]2[C@@H]3CC=C4C[C@@H](O)CC[C@]4(C)[C@H]3CC[C@@]21C. The Bertz CT molecular complexity index is 579. The minimum atomic E-state index is -0.122. The number of carbonyl (C=O) groups is 1. The van der Waals surface area contributed by atoms with Gasteiger partial charge in [-0.1, -0.05) is 32.4 Å². The molecule has 0 bridgehead atoms. The summed E-state index contributed by atoms with van der Waals surface area (Å²) in [6.45, 7) is 9.04. The van der Waals surface area contributed by atoms with Gasteiger partial charge in [-0.25, -0.2) is 0 Å². The highest BCUT2D eigenvalue weighted by Gasteiger charge is 2.61. The molecule has 0 aromatic rings. The maximum atomic E-state index is 12.4. The van der Waals surface area contributed by atoms with Crippen LogP contribution in [0.4, 0.5) is 0 Å². The van der Waals surface area contributed by atoms with E-state index < -0.39 is 0 Å². The van der Waals surface area contributed by atoms with Crippen LogP contribution in [0.25, 0.3) is 0 Å². The third kappa shape index (κ3) is 2.14. The van der Waals surface area contributed by atoms with Gasteiger partial charge in [0.15, 0.2) is 0 Å². The fourth-order valence-electron chi connectivity index (χ4n) is 7.87. The fraction of sp³-hybridized carbons (Fsp3) is 0.864. The molecule has 4 aliphatic rings. The summed E-state index contributed by atoms with van der Waals surface area (Å²) < 4.78 is 0. The Morgan fingerprint density at radius 3 is 2.67 bits per heavy atom. The molecule has 4 rings (SSSR count). The lowest BCUT2D eigenvalue weighted by molar-refractivity contribution is -0.128. The number of rotatable bonds is 1. The first-order chi connectivity index (χ1) is 11.3. The zero-order valence-electron chi connectivity index (χ0n) is 15.8. The summed E-state index contributed by atoms with van der Waals surface area (Å²) in [6.07, 6.45) is 10.3. The van der Waals surface area contributed by atoms with Crippen LogP contribution in [0, 0.1) is 40.4 Å². The van der Waals surface area contributed by atoms with Crippen molar-refractivity contribution in [1.29, 1.82) is 0 Å². The van der Waals surface area contributed by atoms with Gasteiger partial charge in [-0.15, -0.1) is 0 Å². The van der Waals surface area contributed by atoms with Crippen molar-refractivity contribution in [3.8, 4) is 0 Å². The monoisotopic (exact) mass is 330 g/mol. The molecule has 3 fully saturated rings. The Balaban J connectivity index is 1.68. The van der Waals surface area contributed by atoms with E-state index in [2.05, 4.69) is 26.8 Å². The molecule has 24 heavy (non-hydrogen) atoms. The third-order valence-electron chi connectivity index (χ3n) is 8.86. The van der Waals surface area contributed by atoms with E-state index in [0.717, 1.165) is 31.1 Å². The summed E-state index contributed by atoms with van der Waals surface area (Å²) in [7, 11) is 0. The maximum Gasteiger partial charge on any atom is 0.133 e. The lowest BCUT2D eigenvalue weighted by Crippen LogP contribution is -2.51. The zero-order valence-corrected chi connectivity index (χ0v) is 15.8. The van der Waals surface area contributed by atoms with Gasteiger partial charge >= 0.3 is 0 Å². The van der Waals surface area contributed by atoms with Crippen LogP contribution >= 0.6 is 0 Å². The summed E-state index contributed by atoms with van der Waals surface area (Å²) in [6, 6.07) is 0. The quantitative estimate of drug-likeness (QED) is 0.704. The Hall–Kier alpha value is -0.630. The van der Waals surface area contributed by atoms with Crippen molar-refractivity contribution in [2.24, 2.45) is 40.4 Å². The van der Waals surface area contributed by atoms with E-state index in [-0.39, 0.29) is 17.4 Å². The molecule has 0 amide bonds. The number of hydrogen-bond acceptors (Lipinski definition) is 2. The van der Waals surface area contributed by atoms with Gasteiger partial charge < -0.3 is 5.11 Å². The van der Waals surface area contributed by atoms with E-state index in [1.165, 1.54) is 25.7 Å². The standard InChI is InChI=1S/C22H34O2/c1-13-11-19-17-6-5-15-12-16(24)7-9-21(15,3)18(17)8-10-22(19,4)20(13)14(2)23/h5,13,16-20,24H,6-12H2,1-4H3/t13-,16+,17-,18+,19-,20-,21+,22+/m1/s1. The molecule has 1 N–H and O–H groups in total. The van der Waals surface area contributed by atoms with Gasteiger partial charge in [0.25, 0.3) is 0 Å². The molecule has 0 heterocycles. The average molecular weight is 331 g/mol. The van der Waals surface area contributed by atoms with Crippen LogP contribution in [0.15, 0.2) is 11.6 Å². The lowest BCUT2D eigenvalue weighted by atomic mass is 9.47. The molecule has 0 saturated heterocycles. The van der Waals surface area contributed by atoms with Gasteiger partial charge in [0.05, 0.1) is 6.10 Å². The van der Waals surface area contributed by atoms with Crippen molar-refractivity contribution in [1.82, 2.24) is 0 Å². The Labute approximate surface area is 147 Å². The van der Waals surface area contributed by atoms with E-state index >= 15 is 0 Å². The first kappa shape index (κ1) is 16.8. The van der Waals surface area contributed by atoms with E-state index in [0.29, 0.717) is 23.0 Å². The Morgan fingerprint density at radius 1 is 1.21 bits per heavy atom. The van der Waals surface area contributed by atoms with Crippen LogP contribution in [0.1, 0.15) is 72.6 Å². The van der Waals surface area contributed by atoms with Gasteiger partial charge in [-0.3, -0.25) is 4.79 Å². The number of hydrogen-bond donors (Lipinski definition) is 1. The zero-order chi connectivity index (χ0) is 17.3. The van der Waals surface area contributed by atoms with Gasteiger partial charge in [0, 0.05) is 5.92 Å². The summed E-state index contributed by atoms with van der Waals surface area (Å²) in [5.41, 5.74) is 2.07. The normalized spacial score (nSPS) is 53.6. The Kier molecular flexibility index (Phi) is 3.81. The molecular weight excluding hydrogens is 296 g/mol. The van der Waals surface area contributed by atoms with Crippen LogP contribution in [0.5, 0.6) is 0 Å². The minimum Gasteiger partial charge on any atom is -0.393 e. The minimum absolute atomic E-state index is 0.122. The van der Waals surface area contributed by atoms with E-state index in [4.69, 9.17) is 0 Å². The van der Waals surface area contributed by atoms with Crippen LogP contribution in [0.2, 0.25) is 0 Å². The lowest BCUT2D eigenvalue weighted by Gasteiger charge is -2.57. The number of ketones is 1. The number of Topliss-reactive ketones (excluding diaryl/α,β-unsaturated/α-hetero) is 1. The van der Waals surface area contributed by atoms with E-state index in [1.54, 1.807) is 5.57 Å². The molecule has 2 heteroatoms. The molecule has 3 saturated carbocycles. The molecule has 0 aromatic heterocycles. The molecule has 0 aliphatic heterocycles. The largest absolute Gasteiger partial charge is 0.393 e. The maximum absolute atomic E-state index is 12.4. The smallest absolute Gasteiger partial charge is 0.133 e. The van der Waals surface area contributed by atoms with Crippen LogP contribution in [-0.2, 0) is 4.79 Å². The predicted octanol–water partition coefficient (Wildman–Crippen LogP) is 4.76. The highest BCUT2D eigenvalue weighted by molar-refractivity contribution is 5.80. The van der Waals surface area contributed by atoms with Crippen molar-refractivity contribution in [2.75, 3.05) is 0 Å². The first-order valence-corrected chi connectivity index (χ1v) is 10.2. The second kappa shape index (κ2) is 5.43. The number of fused-ring (bicyclic) bond motifs is 5. The number of aliphatic hydroxyl groups excluding tert-OH is 1. The predicted molar refractivity (Wildman–Crippen MR) is 96.4 cm³/mol. The van der Waals surface area contributed by atoms with Crippen molar-refractivity contribution < 1.29 is 9.90 Å². The second-order valence-corrected chi connectivity index (χ2v) is 10.0. The molecule has 0 unspecified atom stereocenters. The van der Waals surface area contributed by atoms with E-state index in [1.807, 2.05) is 6.92 Å². The van der Waals surface area contributed by atoms with Gasteiger partial charge in [-0.2, -0.15) is 0 Å². The Morgan fingerprint density at radius 2 is 1.96 bits per heavy atom. The number of allylic oxidation sites excluding steroid dienone is 1. The number of aliphatic hydroxyl groups is 1. The topological polar surface area (TPSA) is 37.3 Å². The van der Waals surface area contributed by atoms with Crippen molar-refractivity contribution >= 4 is 5.78 Å². The van der Waals surface area contributed by atoms with Crippen molar-refractivity contribution in [2.45, 2.75) is 78.7 Å². The highest BCUT2D eigenvalue weighted by Crippen LogP contribution is 2.67. The molecule has 2 nitrogen and oxygen atoms in total. The van der Waals surface area contributed by atoms with Crippen molar-refractivity contribution in [3.05, 3.63) is 11.6 Å². The molecule has 0 radical (unpaired) electrons. The van der Waals surface area contributed by atoms with E-state index in [9.17, 15) is 9.90 Å². The molecular formula is C22H34O2. The third-order valence-corrected chi connectivity index (χ3v) is 8.86. The molecule has 4 aliphatic carbocycles. The summed E-state index contributed by atoms with van der Waals surface area (Å²) in [5, 5.41) is 10.1. The summed E-state index contributed by atoms with van der Waals surface area (Å²) >= 11 is 0. The molecule has 0 aromatic carbocycles. The number of carbonyl (C=O) groups excluding carboxylic acids is 1. The van der Waals surface area contributed by atoms with Crippen molar-refractivity contribution in [3.63, 3.8) is 0 Å². The summed E-state index contributed by atoms with van der Waals surface area (Å²) in [4.78, 5) is 12.4. The second-order valence-electron chi connectivity index (χ2n) is 10.0. The van der Waals surface area contributed by atoms with Crippen LogP contribution in [-0.4, -0.2) is 17.0 Å². The summed E-state index contributed by atoms with van der Waals surface area (Å²) in [5.74, 6) is 3.46. The molecule has 0 spiro atoms. The fourth-order valence-corrected chi connectivity index (χ4v) is 7.87. The van der Waals surface area contributed by atoms with Gasteiger partial charge in [0.2, 0.25) is 0 Å². The molecule has 8 atom stereocenters. The van der Waals surface area contributed by atoms with Gasteiger partial charge in [-0.05, 0) is 86.4 Å². The van der Waals surface area contributed by atoms with Crippen LogP contribution in [0.3, 0.4) is 0 Å². The van der Waals surface area contributed by atoms with Crippen LogP contribution < -0.4 is 0 Å². The van der Waals surface area contributed by atoms with Gasteiger partial charge in [0.1, 0.15) is 5.78 Å². The molecule has 134 valence electrons. The first-order valence-electron chi connectivity index (χ1n) is 10.2.